The lowest BCUT2D eigenvalue weighted by Gasteiger charge is -2.07. The van der Waals surface area contributed by atoms with E-state index in [2.05, 4.69) is 5.32 Å². The number of aryl methyl sites for hydroxylation is 1. The summed E-state index contributed by atoms with van der Waals surface area (Å²) in [7, 11) is 1.73. The third-order valence-corrected chi connectivity index (χ3v) is 2.66. The van der Waals surface area contributed by atoms with Crippen molar-refractivity contribution in [3.63, 3.8) is 0 Å². The zero-order chi connectivity index (χ0) is 14.0. The molecule has 1 aromatic heterocycles. The average Bonchev–Trinajstić information content (AvgIpc) is 2.77. The summed E-state index contributed by atoms with van der Waals surface area (Å²) in [6, 6.07) is 7.24. The van der Waals surface area contributed by atoms with Crippen molar-refractivity contribution in [2.45, 2.75) is 0 Å². The predicted molar refractivity (Wildman–Crippen MR) is 68.4 cm³/mol. The lowest BCUT2D eigenvalue weighted by Crippen LogP contribution is -2.15. The molecular weight excluding hydrogens is 248 g/mol. The topological polar surface area (TPSA) is 91.6 Å². The van der Waals surface area contributed by atoms with Crippen LogP contribution in [0, 0.1) is 0 Å². The van der Waals surface area contributed by atoms with Crippen molar-refractivity contribution in [1.82, 2.24) is 4.57 Å². The van der Waals surface area contributed by atoms with Crippen molar-refractivity contribution in [3.05, 3.63) is 47.8 Å². The summed E-state index contributed by atoms with van der Waals surface area (Å²) in [5.41, 5.74) is 0.496. The summed E-state index contributed by atoms with van der Waals surface area (Å²) < 4.78 is 1.65. The molecule has 1 amide bonds. The molecule has 3 N–H and O–H groups in total. The number of carbonyl (C=O) groups excluding carboxylic acids is 1. The molecule has 1 heterocycles. The smallest absolute Gasteiger partial charge is 0.339 e. The van der Waals surface area contributed by atoms with E-state index in [1.54, 1.807) is 29.9 Å². The fraction of sp³-hybridized carbons (Fsp3) is 0.0769. The molecule has 2 rings (SSSR count). The van der Waals surface area contributed by atoms with E-state index >= 15 is 0 Å². The van der Waals surface area contributed by atoms with Gasteiger partial charge in [-0.05, 0) is 30.3 Å². The summed E-state index contributed by atoms with van der Waals surface area (Å²) in [6.07, 6.45) is 1.73. The van der Waals surface area contributed by atoms with Crippen LogP contribution in [0.4, 0.5) is 5.69 Å². The molecule has 0 fully saturated rings. The van der Waals surface area contributed by atoms with E-state index in [-0.39, 0.29) is 17.2 Å². The highest BCUT2D eigenvalue weighted by Crippen LogP contribution is 2.21. The number of hydrogen-bond acceptors (Lipinski definition) is 3. The third-order valence-electron chi connectivity index (χ3n) is 2.66. The molecule has 0 saturated carbocycles. The molecule has 0 atom stereocenters. The molecule has 1 aromatic carbocycles. The van der Waals surface area contributed by atoms with Crippen molar-refractivity contribution in [1.29, 1.82) is 0 Å². The molecule has 0 spiro atoms. The molecule has 0 unspecified atom stereocenters. The van der Waals surface area contributed by atoms with Gasteiger partial charge in [-0.1, -0.05) is 0 Å². The van der Waals surface area contributed by atoms with Crippen LogP contribution >= 0.6 is 0 Å². The van der Waals surface area contributed by atoms with Crippen molar-refractivity contribution in [3.8, 4) is 5.75 Å². The standard InChI is InChI=1S/C13H12N2O4/c1-15-6-2-3-10(15)12(17)14-8-4-5-11(16)9(7-8)13(18)19/h2-7,16H,1H3,(H,14,17)(H,18,19). The molecule has 0 aliphatic carbocycles. The molecule has 0 radical (unpaired) electrons. The minimum atomic E-state index is -1.26. The van der Waals surface area contributed by atoms with E-state index in [4.69, 9.17) is 5.11 Å². The van der Waals surface area contributed by atoms with E-state index in [9.17, 15) is 14.7 Å². The van der Waals surface area contributed by atoms with Crippen LogP contribution in [0.5, 0.6) is 5.75 Å². The van der Waals surface area contributed by atoms with Gasteiger partial charge in [-0.2, -0.15) is 0 Å². The second kappa shape index (κ2) is 4.85. The van der Waals surface area contributed by atoms with E-state index in [0.29, 0.717) is 11.4 Å². The number of rotatable bonds is 3. The van der Waals surface area contributed by atoms with E-state index < -0.39 is 5.97 Å². The Bertz CT molecular complexity index is 646. The van der Waals surface area contributed by atoms with Crippen LogP contribution in [0.25, 0.3) is 0 Å². The Morgan fingerprint density at radius 1 is 1.26 bits per heavy atom. The fourth-order valence-corrected chi connectivity index (χ4v) is 1.68. The molecule has 0 bridgehead atoms. The Kier molecular flexibility index (Phi) is 3.24. The lowest BCUT2D eigenvalue weighted by atomic mass is 10.1. The highest BCUT2D eigenvalue weighted by atomic mass is 16.4. The van der Waals surface area contributed by atoms with Gasteiger partial charge in [0.25, 0.3) is 5.91 Å². The first-order valence-electron chi connectivity index (χ1n) is 5.48. The van der Waals surface area contributed by atoms with Crippen LogP contribution in [0.2, 0.25) is 0 Å². The van der Waals surface area contributed by atoms with Gasteiger partial charge in [0.05, 0.1) is 0 Å². The van der Waals surface area contributed by atoms with Crippen LogP contribution in [0.1, 0.15) is 20.8 Å². The highest BCUT2D eigenvalue weighted by molar-refractivity contribution is 6.04. The molecule has 0 aliphatic heterocycles. The second-order valence-electron chi connectivity index (χ2n) is 4.00. The first-order chi connectivity index (χ1) is 8.99. The van der Waals surface area contributed by atoms with Gasteiger partial charge in [0.2, 0.25) is 0 Å². The summed E-state index contributed by atoms with van der Waals surface area (Å²) in [5.74, 6) is -1.95. The van der Waals surface area contributed by atoms with Crippen LogP contribution in [-0.2, 0) is 7.05 Å². The molecule has 6 heteroatoms. The number of benzene rings is 1. The number of carboxylic acids is 1. The van der Waals surface area contributed by atoms with Gasteiger partial charge in [-0.3, -0.25) is 4.79 Å². The van der Waals surface area contributed by atoms with E-state index in [1.807, 2.05) is 0 Å². The van der Waals surface area contributed by atoms with Crippen LogP contribution < -0.4 is 5.32 Å². The quantitative estimate of drug-likeness (QED) is 0.732. The zero-order valence-electron chi connectivity index (χ0n) is 10.1. The number of amides is 1. The minimum absolute atomic E-state index is 0.260. The third kappa shape index (κ3) is 2.57. The zero-order valence-corrected chi connectivity index (χ0v) is 10.1. The van der Waals surface area contributed by atoms with Crippen molar-refractivity contribution >= 4 is 17.6 Å². The number of nitrogens with zero attached hydrogens (tertiary/aromatic N) is 1. The molecule has 19 heavy (non-hydrogen) atoms. The van der Waals surface area contributed by atoms with E-state index in [1.165, 1.54) is 18.2 Å². The van der Waals surface area contributed by atoms with E-state index in [0.717, 1.165) is 0 Å². The molecule has 0 aliphatic rings. The largest absolute Gasteiger partial charge is 0.507 e. The van der Waals surface area contributed by atoms with Crippen molar-refractivity contribution in [2.24, 2.45) is 7.05 Å². The SMILES string of the molecule is Cn1cccc1C(=O)Nc1ccc(O)c(C(=O)O)c1. The number of nitrogens with one attached hydrogen (secondary N) is 1. The number of carboxylic acid groups (broad SMARTS) is 1. The second-order valence-corrected chi connectivity index (χ2v) is 4.00. The molecular formula is C13H12N2O4. The maximum atomic E-state index is 11.9. The number of phenols is 1. The summed E-state index contributed by atoms with van der Waals surface area (Å²) >= 11 is 0. The minimum Gasteiger partial charge on any atom is -0.507 e. The Morgan fingerprint density at radius 3 is 2.58 bits per heavy atom. The molecule has 2 aromatic rings. The Hall–Kier alpha value is -2.76. The number of anilines is 1. The highest BCUT2D eigenvalue weighted by Gasteiger charge is 2.13. The lowest BCUT2D eigenvalue weighted by molar-refractivity contribution is 0.0693. The summed E-state index contributed by atoms with van der Waals surface area (Å²) in [5, 5.41) is 20.8. The van der Waals surface area contributed by atoms with Crippen LogP contribution in [-0.4, -0.2) is 26.7 Å². The Labute approximate surface area is 108 Å². The summed E-state index contributed by atoms with van der Waals surface area (Å²) in [4.78, 5) is 22.8. The Morgan fingerprint density at radius 2 is 2.00 bits per heavy atom. The van der Waals surface area contributed by atoms with Crippen LogP contribution in [0.15, 0.2) is 36.5 Å². The predicted octanol–water partition coefficient (Wildman–Crippen LogP) is 1.68. The van der Waals surface area contributed by atoms with Gasteiger partial charge < -0.3 is 20.1 Å². The van der Waals surface area contributed by atoms with Gasteiger partial charge in [-0.25, -0.2) is 4.79 Å². The monoisotopic (exact) mass is 260 g/mol. The fourth-order valence-electron chi connectivity index (χ4n) is 1.68. The van der Waals surface area contributed by atoms with Crippen LogP contribution in [0.3, 0.4) is 0 Å². The van der Waals surface area contributed by atoms with Gasteiger partial charge in [0, 0.05) is 18.9 Å². The maximum Gasteiger partial charge on any atom is 0.339 e. The van der Waals surface area contributed by atoms with Gasteiger partial charge in [0.1, 0.15) is 17.0 Å². The first kappa shape index (κ1) is 12.7. The number of hydrogen-bond donors (Lipinski definition) is 3. The van der Waals surface area contributed by atoms with Crippen molar-refractivity contribution in [2.75, 3.05) is 5.32 Å². The number of aromatic nitrogens is 1. The van der Waals surface area contributed by atoms with Crippen molar-refractivity contribution < 1.29 is 19.8 Å². The molecule has 6 nitrogen and oxygen atoms in total. The summed E-state index contributed by atoms with van der Waals surface area (Å²) in [6.45, 7) is 0. The number of aromatic carboxylic acids is 1. The van der Waals surface area contributed by atoms with Gasteiger partial charge >= 0.3 is 5.97 Å². The molecule has 98 valence electrons. The maximum absolute atomic E-state index is 11.9. The average molecular weight is 260 g/mol. The van der Waals surface area contributed by atoms with Gasteiger partial charge in [0.15, 0.2) is 0 Å². The first-order valence-corrected chi connectivity index (χ1v) is 5.48. The molecule has 0 saturated heterocycles. The number of carbonyl (C=O) groups is 2. The van der Waals surface area contributed by atoms with Gasteiger partial charge in [-0.15, -0.1) is 0 Å². The normalized spacial score (nSPS) is 10.2. The number of aromatic hydroxyl groups is 1. The Balaban J connectivity index is 2.25.